The van der Waals surface area contributed by atoms with Gasteiger partial charge in [-0.2, -0.15) is 0 Å². The molecule has 3 aromatic carbocycles. The van der Waals surface area contributed by atoms with Crippen molar-refractivity contribution in [3.05, 3.63) is 88.5 Å². The Balaban J connectivity index is 1.58. The van der Waals surface area contributed by atoms with Crippen LogP contribution in [-0.2, 0) is 27.6 Å². The van der Waals surface area contributed by atoms with E-state index in [2.05, 4.69) is 109 Å². The number of hydrogen-bond acceptors (Lipinski definition) is 2. The number of unbranched alkanes of at least 4 members (excludes halogenated alkanes) is 6. The van der Waals surface area contributed by atoms with Crippen molar-refractivity contribution in [1.29, 1.82) is 0 Å². The fraction of sp³-hybridized carbons (Fsp3) is 0.526. The molecule has 0 radical (unpaired) electrons. The standard InChI is InChI=1S/C38H51BO2/c1-8-10-12-14-18-28-24-29(19-15-13-11-9-2)26-30(25-28)38(7)34-21-17-16-20-32(34)33-23-22-31(27-35(33)38)39-40-36(3,4)37(5,6)41-39/h16-17,20-27H,8-15,18-19H2,1-7H3. The highest BCUT2D eigenvalue weighted by Gasteiger charge is 2.52. The van der Waals surface area contributed by atoms with Crippen LogP contribution in [0.2, 0.25) is 0 Å². The molecule has 1 atom stereocenters. The number of aryl methyl sites for hydroxylation is 2. The lowest BCUT2D eigenvalue weighted by Gasteiger charge is -2.32. The highest BCUT2D eigenvalue weighted by molar-refractivity contribution is 6.62. The van der Waals surface area contributed by atoms with Crippen molar-refractivity contribution in [2.24, 2.45) is 0 Å². The first-order chi connectivity index (χ1) is 19.6. The average Bonchev–Trinajstić information content (AvgIpc) is 3.34. The summed E-state index contributed by atoms with van der Waals surface area (Å²) < 4.78 is 13.0. The lowest BCUT2D eigenvalue weighted by molar-refractivity contribution is 0.00578. The second-order valence-corrected chi connectivity index (χ2v) is 13.7. The first kappa shape index (κ1) is 30.1. The summed E-state index contributed by atoms with van der Waals surface area (Å²) in [6, 6.07) is 23.5. The summed E-state index contributed by atoms with van der Waals surface area (Å²) in [6.45, 7) is 15.6. The molecule has 2 nitrogen and oxygen atoms in total. The summed E-state index contributed by atoms with van der Waals surface area (Å²) in [6.07, 6.45) is 12.7. The Morgan fingerprint density at radius 1 is 0.585 bits per heavy atom. The molecule has 0 bridgehead atoms. The smallest absolute Gasteiger partial charge is 0.399 e. The van der Waals surface area contributed by atoms with Gasteiger partial charge in [0.25, 0.3) is 0 Å². The van der Waals surface area contributed by atoms with Crippen molar-refractivity contribution in [3.63, 3.8) is 0 Å². The van der Waals surface area contributed by atoms with Crippen LogP contribution in [0.3, 0.4) is 0 Å². The van der Waals surface area contributed by atoms with E-state index >= 15 is 0 Å². The van der Waals surface area contributed by atoms with Crippen molar-refractivity contribution in [2.45, 2.75) is 129 Å². The van der Waals surface area contributed by atoms with Crippen LogP contribution in [0.1, 0.15) is 128 Å². The molecule has 0 aromatic heterocycles. The molecule has 0 amide bonds. The Hall–Kier alpha value is -2.36. The molecule has 0 N–H and O–H groups in total. The number of fused-ring (bicyclic) bond motifs is 3. The molecule has 3 aromatic rings. The van der Waals surface area contributed by atoms with Gasteiger partial charge in [-0.1, -0.05) is 113 Å². The van der Waals surface area contributed by atoms with E-state index in [-0.39, 0.29) is 23.7 Å². The van der Waals surface area contributed by atoms with E-state index in [1.807, 2.05) is 0 Å². The molecule has 0 saturated carbocycles. The van der Waals surface area contributed by atoms with E-state index in [9.17, 15) is 0 Å². The van der Waals surface area contributed by atoms with Gasteiger partial charge >= 0.3 is 7.12 Å². The van der Waals surface area contributed by atoms with Crippen LogP contribution in [0.25, 0.3) is 11.1 Å². The zero-order chi connectivity index (χ0) is 29.3. The zero-order valence-corrected chi connectivity index (χ0v) is 26.7. The molecule has 218 valence electrons. The van der Waals surface area contributed by atoms with Gasteiger partial charge < -0.3 is 9.31 Å². The quantitative estimate of drug-likeness (QED) is 0.165. The zero-order valence-electron chi connectivity index (χ0n) is 26.7. The third-order valence-electron chi connectivity index (χ3n) is 10.1. The second kappa shape index (κ2) is 12.1. The fourth-order valence-corrected chi connectivity index (χ4v) is 6.80. The van der Waals surface area contributed by atoms with Gasteiger partial charge in [-0.25, -0.2) is 0 Å². The summed E-state index contributed by atoms with van der Waals surface area (Å²) >= 11 is 0. The van der Waals surface area contributed by atoms with E-state index in [0.29, 0.717) is 0 Å². The fourth-order valence-electron chi connectivity index (χ4n) is 6.80. The lowest BCUT2D eigenvalue weighted by atomic mass is 9.70. The van der Waals surface area contributed by atoms with Gasteiger partial charge in [0.1, 0.15) is 0 Å². The largest absolute Gasteiger partial charge is 0.494 e. The van der Waals surface area contributed by atoms with Crippen molar-refractivity contribution >= 4 is 12.6 Å². The van der Waals surface area contributed by atoms with E-state index < -0.39 is 0 Å². The van der Waals surface area contributed by atoms with Crippen LogP contribution in [0.4, 0.5) is 0 Å². The van der Waals surface area contributed by atoms with Gasteiger partial charge in [-0.05, 0) is 105 Å². The molecule has 1 heterocycles. The normalized spacial score (nSPS) is 20.3. The summed E-state index contributed by atoms with van der Waals surface area (Å²) in [5.41, 5.74) is 10.0. The van der Waals surface area contributed by atoms with Crippen LogP contribution in [-0.4, -0.2) is 18.3 Å². The van der Waals surface area contributed by atoms with E-state index in [1.165, 1.54) is 90.3 Å². The highest BCUT2D eigenvalue weighted by atomic mass is 16.7. The highest BCUT2D eigenvalue weighted by Crippen LogP contribution is 2.52. The lowest BCUT2D eigenvalue weighted by Crippen LogP contribution is -2.41. The molecular weight excluding hydrogens is 499 g/mol. The van der Waals surface area contributed by atoms with Gasteiger partial charge in [0.2, 0.25) is 0 Å². The Morgan fingerprint density at radius 3 is 1.73 bits per heavy atom. The summed E-state index contributed by atoms with van der Waals surface area (Å²) in [5.74, 6) is 0. The van der Waals surface area contributed by atoms with Gasteiger partial charge in [0.15, 0.2) is 0 Å². The monoisotopic (exact) mass is 550 g/mol. The van der Waals surface area contributed by atoms with E-state index in [0.717, 1.165) is 18.3 Å². The first-order valence-corrected chi connectivity index (χ1v) is 16.3. The second-order valence-electron chi connectivity index (χ2n) is 13.7. The molecule has 1 unspecified atom stereocenters. The third-order valence-corrected chi connectivity index (χ3v) is 10.1. The molecule has 0 spiro atoms. The molecule has 1 aliphatic heterocycles. The predicted octanol–water partition coefficient (Wildman–Crippen LogP) is 9.57. The molecule has 41 heavy (non-hydrogen) atoms. The SMILES string of the molecule is CCCCCCc1cc(CCCCCC)cc(C2(C)c3ccccc3-c3ccc(B4OC(C)(C)C(C)(C)O4)cc32)c1. The van der Waals surface area contributed by atoms with Crippen molar-refractivity contribution in [3.8, 4) is 11.1 Å². The van der Waals surface area contributed by atoms with Gasteiger partial charge in [0, 0.05) is 5.41 Å². The number of rotatable bonds is 12. The summed E-state index contributed by atoms with van der Waals surface area (Å²) in [4.78, 5) is 0. The minimum absolute atomic E-state index is 0.233. The average molecular weight is 551 g/mol. The Kier molecular flexibility index (Phi) is 8.88. The van der Waals surface area contributed by atoms with E-state index in [4.69, 9.17) is 9.31 Å². The number of hydrogen-bond donors (Lipinski definition) is 0. The molecular formula is C38H51BO2. The van der Waals surface area contributed by atoms with Crippen LogP contribution in [0.5, 0.6) is 0 Å². The molecule has 1 fully saturated rings. The molecule has 2 aliphatic rings. The van der Waals surface area contributed by atoms with Crippen LogP contribution < -0.4 is 5.46 Å². The Bertz CT molecular complexity index is 1310. The van der Waals surface area contributed by atoms with Crippen LogP contribution in [0, 0.1) is 0 Å². The maximum atomic E-state index is 6.51. The van der Waals surface area contributed by atoms with Crippen molar-refractivity contribution in [2.75, 3.05) is 0 Å². The van der Waals surface area contributed by atoms with Gasteiger partial charge in [-0.15, -0.1) is 0 Å². The first-order valence-electron chi connectivity index (χ1n) is 16.3. The maximum absolute atomic E-state index is 6.51. The Labute approximate surface area is 250 Å². The van der Waals surface area contributed by atoms with Crippen molar-refractivity contribution < 1.29 is 9.31 Å². The molecule has 1 saturated heterocycles. The van der Waals surface area contributed by atoms with Crippen LogP contribution >= 0.6 is 0 Å². The summed E-state index contributed by atoms with van der Waals surface area (Å²) in [5, 5.41) is 0. The topological polar surface area (TPSA) is 18.5 Å². The predicted molar refractivity (Wildman–Crippen MR) is 175 cm³/mol. The minimum Gasteiger partial charge on any atom is -0.399 e. The van der Waals surface area contributed by atoms with Gasteiger partial charge in [0.05, 0.1) is 11.2 Å². The van der Waals surface area contributed by atoms with Crippen LogP contribution in [0.15, 0.2) is 60.7 Å². The minimum atomic E-state index is -0.364. The Morgan fingerprint density at radius 2 is 1.15 bits per heavy atom. The molecule has 1 aliphatic carbocycles. The molecule has 5 rings (SSSR count). The summed E-state index contributed by atoms with van der Waals surface area (Å²) in [7, 11) is -0.364. The number of benzene rings is 3. The van der Waals surface area contributed by atoms with E-state index in [1.54, 1.807) is 0 Å². The van der Waals surface area contributed by atoms with Gasteiger partial charge in [-0.3, -0.25) is 0 Å². The maximum Gasteiger partial charge on any atom is 0.494 e. The third kappa shape index (κ3) is 5.82. The van der Waals surface area contributed by atoms with Crippen molar-refractivity contribution in [1.82, 2.24) is 0 Å². The molecule has 3 heteroatoms.